The first-order valence-electron chi connectivity index (χ1n) is 7.25. The van der Waals surface area contributed by atoms with Gasteiger partial charge >= 0.3 is 0 Å². The van der Waals surface area contributed by atoms with Crippen molar-refractivity contribution in [3.8, 4) is 0 Å². The standard InChI is InChI=1S/C16H20FNO/c17-13-6-3-4-11(8-13)9-16(19)15-10-12-5-1-2-7-14(12)18-15/h3-4,6,8,12,14-15,18H,1-2,5,7,9-10H2. The predicted octanol–water partition coefficient (Wildman–Crippen LogP) is 2.86. The maximum Gasteiger partial charge on any atom is 0.154 e. The van der Waals surface area contributed by atoms with Crippen molar-refractivity contribution >= 4 is 5.78 Å². The lowest BCUT2D eigenvalue weighted by atomic mass is 9.84. The number of rotatable bonds is 3. The van der Waals surface area contributed by atoms with Gasteiger partial charge in [-0.3, -0.25) is 4.79 Å². The summed E-state index contributed by atoms with van der Waals surface area (Å²) in [6.07, 6.45) is 6.34. The second-order valence-electron chi connectivity index (χ2n) is 5.88. The molecule has 3 rings (SSSR count). The van der Waals surface area contributed by atoms with E-state index in [0.29, 0.717) is 18.4 Å². The summed E-state index contributed by atoms with van der Waals surface area (Å²) in [6, 6.07) is 6.88. The number of carbonyl (C=O) groups excluding carboxylic acids is 1. The molecular weight excluding hydrogens is 241 g/mol. The van der Waals surface area contributed by atoms with Crippen LogP contribution in [-0.4, -0.2) is 17.9 Å². The molecule has 1 saturated carbocycles. The third-order valence-corrected chi connectivity index (χ3v) is 4.52. The molecule has 0 aromatic heterocycles. The Morgan fingerprint density at radius 3 is 2.95 bits per heavy atom. The Labute approximate surface area is 113 Å². The van der Waals surface area contributed by atoms with Gasteiger partial charge in [-0.1, -0.05) is 25.0 Å². The van der Waals surface area contributed by atoms with Crippen molar-refractivity contribution in [2.75, 3.05) is 0 Å². The number of fused-ring (bicyclic) bond motifs is 1. The molecule has 1 saturated heterocycles. The number of Topliss-reactive ketones (excluding diaryl/α,β-unsaturated/α-hetero) is 1. The predicted molar refractivity (Wildman–Crippen MR) is 72.4 cm³/mol. The van der Waals surface area contributed by atoms with E-state index in [4.69, 9.17) is 0 Å². The summed E-state index contributed by atoms with van der Waals surface area (Å²) in [6.45, 7) is 0. The van der Waals surface area contributed by atoms with Crippen LogP contribution in [0.4, 0.5) is 4.39 Å². The molecule has 1 N–H and O–H groups in total. The molecule has 0 spiro atoms. The van der Waals surface area contributed by atoms with Crippen LogP contribution in [0.1, 0.15) is 37.7 Å². The fourth-order valence-electron chi connectivity index (χ4n) is 3.53. The third-order valence-electron chi connectivity index (χ3n) is 4.52. The van der Waals surface area contributed by atoms with Crippen molar-refractivity contribution in [3.63, 3.8) is 0 Å². The van der Waals surface area contributed by atoms with Crippen molar-refractivity contribution < 1.29 is 9.18 Å². The molecule has 1 aromatic rings. The van der Waals surface area contributed by atoms with Crippen LogP contribution in [0.25, 0.3) is 0 Å². The van der Waals surface area contributed by atoms with Gasteiger partial charge < -0.3 is 5.32 Å². The van der Waals surface area contributed by atoms with Gasteiger partial charge in [-0.15, -0.1) is 0 Å². The molecule has 3 atom stereocenters. The molecule has 19 heavy (non-hydrogen) atoms. The molecule has 2 fully saturated rings. The topological polar surface area (TPSA) is 29.1 Å². The SMILES string of the molecule is O=C(Cc1cccc(F)c1)C1CC2CCCCC2N1. The number of hydrogen-bond donors (Lipinski definition) is 1. The molecule has 102 valence electrons. The highest BCUT2D eigenvalue weighted by atomic mass is 19.1. The van der Waals surface area contributed by atoms with Crippen molar-refractivity contribution in [2.24, 2.45) is 5.92 Å². The van der Waals surface area contributed by atoms with Crippen molar-refractivity contribution in [2.45, 2.75) is 50.6 Å². The lowest BCUT2D eigenvalue weighted by Crippen LogP contribution is -2.37. The Morgan fingerprint density at radius 1 is 1.32 bits per heavy atom. The van der Waals surface area contributed by atoms with E-state index in [1.807, 2.05) is 6.07 Å². The minimum Gasteiger partial charge on any atom is -0.304 e. The fraction of sp³-hybridized carbons (Fsp3) is 0.562. The van der Waals surface area contributed by atoms with Crippen LogP contribution in [0.3, 0.4) is 0 Å². The minimum absolute atomic E-state index is 0.0173. The Morgan fingerprint density at radius 2 is 2.16 bits per heavy atom. The van der Waals surface area contributed by atoms with Crippen molar-refractivity contribution in [1.82, 2.24) is 5.32 Å². The van der Waals surface area contributed by atoms with E-state index in [0.717, 1.165) is 12.0 Å². The Balaban J connectivity index is 1.62. The highest BCUT2D eigenvalue weighted by molar-refractivity contribution is 5.86. The number of nitrogens with one attached hydrogen (secondary N) is 1. The molecule has 1 aliphatic carbocycles. The molecule has 2 nitrogen and oxygen atoms in total. The number of ketones is 1. The highest BCUT2D eigenvalue weighted by Crippen LogP contribution is 2.33. The first kappa shape index (κ1) is 12.8. The molecule has 2 aliphatic rings. The summed E-state index contributed by atoms with van der Waals surface area (Å²) in [5.41, 5.74) is 0.779. The first-order valence-corrected chi connectivity index (χ1v) is 7.25. The molecule has 3 heteroatoms. The van der Waals surface area contributed by atoms with E-state index < -0.39 is 0 Å². The van der Waals surface area contributed by atoms with Crippen molar-refractivity contribution in [1.29, 1.82) is 0 Å². The summed E-state index contributed by atoms with van der Waals surface area (Å²) >= 11 is 0. The Bertz CT molecular complexity index is 460. The maximum atomic E-state index is 13.1. The molecule has 1 aromatic carbocycles. The van der Waals surface area contributed by atoms with Gasteiger partial charge in [-0.05, 0) is 42.9 Å². The van der Waals surface area contributed by atoms with E-state index in [2.05, 4.69) is 5.32 Å². The van der Waals surface area contributed by atoms with Gasteiger partial charge in [0.15, 0.2) is 5.78 Å². The molecule has 3 unspecified atom stereocenters. The first-order chi connectivity index (χ1) is 9.22. The van der Waals surface area contributed by atoms with Crippen LogP contribution in [0.5, 0.6) is 0 Å². The van der Waals surface area contributed by atoms with Crippen LogP contribution in [0, 0.1) is 11.7 Å². The van der Waals surface area contributed by atoms with Gasteiger partial charge in [0.25, 0.3) is 0 Å². The molecule has 1 heterocycles. The summed E-state index contributed by atoms with van der Waals surface area (Å²) in [5.74, 6) is 0.619. The van der Waals surface area contributed by atoms with Crippen LogP contribution in [0.15, 0.2) is 24.3 Å². The van der Waals surface area contributed by atoms with Gasteiger partial charge in [-0.25, -0.2) is 4.39 Å². The largest absolute Gasteiger partial charge is 0.304 e. The maximum absolute atomic E-state index is 13.1. The molecule has 0 amide bonds. The number of benzene rings is 1. The molecule has 0 radical (unpaired) electrons. The average Bonchev–Trinajstić information content (AvgIpc) is 2.82. The number of carbonyl (C=O) groups is 1. The second kappa shape index (κ2) is 5.41. The Hall–Kier alpha value is -1.22. The lowest BCUT2D eigenvalue weighted by molar-refractivity contribution is -0.120. The normalized spacial score (nSPS) is 30.1. The molecule has 0 bridgehead atoms. The zero-order valence-corrected chi connectivity index (χ0v) is 11.1. The Kier molecular flexibility index (Phi) is 3.65. The van der Waals surface area contributed by atoms with Gasteiger partial charge in [0.05, 0.1) is 6.04 Å². The third kappa shape index (κ3) is 2.86. The van der Waals surface area contributed by atoms with Crippen LogP contribution in [0.2, 0.25) is 0 Å². The van der Waals surface area contributed by atoms with E-state index in [1.54, 1.807) is 6.07 Å². The summed E-state index contributed by atoms with van der Waals surface area (Å²) in [7, 11) is 0. The fourth-order valence-corrected chi connectivity index (χ4v) is 3.53. The minimum atomic E-state index is -0.265. The highest BCUT2D eigenvalue weighted by Gasteiger charge is 2.37. The van der Waals surface area contributed by atoms with Crippen LogP contribution >= 0.6 is 0 Å². The number of halogens is 1. The van der Waals surface area contributed by atoms with Gasteiger partial charge in [0.2, 0.25) is 0 Å². The van der Waals surface area contributed by atoms with Gasteiger partial charge in [0, 0.05) is 12.5 Å². The zero-order valence-electron chi connectivity index (χ0n) is 11.1. The van der Waals surface area contributed by atoms with Gasteiger partial charge in [-0.2, -0.15) is 0 Å². The second-order valence-corrected chi connectivity index (χ2v) is 5.88. The monoisotopic (exact) mass is 261 g/mol. The summed E-state index contributed by atoms with van der Waals surface area (Å²) < 4.78 is 13.1. The molecular formula is C16H20FNO. The van der Waals surface area contributed by atoms with E-state index in [9.17, 15) is 9.18 Å². The quantitative estimate of drug-likeness (QED) is 0.906. The van der Waals surface area contributed by atoms with Crippen LogP contribution < -0.4 is 5.32 Å². The van der Waals surface area contributed by atoms with Gasteiger partial charge in [0.1, 0.15) is 5.82 Å². The average molecular weight is 261 g/mol. The van der Waals surface area contributed by atoms with Crippen LogP contribution in [-0.2, 0) is 11.2 Å². The zero-order chi connectivity index (χ0) is 13.2. The molecule has 1 aliphatic heterocycles. The van der Waals surface area contributed by atoms with E-state index in [1.165, 1.54) is 37.8 Å². The lowest BCUT2D eigenvalue weighted by Gasteiger charge is -2.24. The summed E-state index contributed by atoms with van der Waals surface area (Å²) in [5, 5.41) is 3.48. The van der Waals surface area contributed by atoms with E-state index >= 15 is 0 Å². The van der Waals surface area contributed by atoms with E-state index in [-0.39, 0.29) is 17.6 Å². The van der Waals surface area contributed by atoms with Crippen molar-refractivity contribution in [3.05, 3.63) is 35.6 Å². The summed E-state index contributed by atoms with van der Waals surface area (Å²) in [4.78, 5) is 12.3. The number of hydrogen-bond acceptors (Lipinski definition) is 2. The smallest absolute Gasteiger partial charge is 0.154 e.